The van der Waals surface area contributed by atoms with Crippen molar-refractivity contribution in [2.45, 2.75) is 13.5 Å². The Labute approximate surface area is 98.2 Å². The van der Waals surface area contributed by atoms with Gasteiger partial charge in [0.05, 0.1) is 10.6 Å². The van der Waals surface area contributed by atoms with E-state index >= 15 is 0 Å². The third-order valence-electron chi connectivity index (χ3n) is 2.17. The van der Waals surface area contributed by atoms with E-state index < -0.39 is 0 Å². The zero-order valence-corrected chi connectivity index (χ0v) is 9.75. The molecule has 0 aliphatic rings. The van der Waals surface area contributed by atoms with Crippen LogP contribution in [0.3, 0.4) is 0 Å². The van der Waals surface area contributed by atoms with E-state index in [0.717, 1.165) is 16.1 Å². The quantitative estimate of drug-likeness (QED) is 0.883. The van der Waals surface area contributed by atoms with E-state index in [9.17, 15) is 4.79 Å². The van der Waals surface area contributed by atoms with Gasteiger partial charge in [-0.05, 0) is 23.1 Å². The second kappa shape index (κ2) is 4.90. The van der Waals surface area contributed by atoms with Crippen LogP contribution < -0.4 is 5.32 Å². The summed E-state index contributed by atoms with van der Waals surface area (Å²) in [6.45, 7) is 2.04. The van der Waals surface area contributed by atoms with E-state index in [2.05, 4.69) is 10.3 Å². The fraction of sp³-hybridized carbons (Fsp3) is 0.167. The number of nitrogens with one attached hydrogen (secondary N) is 1. The van der Waals surface area contributed by atoms with Crippen molar-refractivity contribution < 1.29 is 4.79 Å². The number of nitrogens with zero attached hydrogens (tertiary/aromatic N) is 1. The standard InChI is InChI=1S/C12H12N2OS/c1-9(15)14-8-10-4-2-6-13-12(10)11-5-3-7-16-11/h2-7H,8H2,1H3,(H,14,15). The van der Waals surface area contributed by atoms with E-state index in [1.165, 1.54) is 6.92 Å². The zero-order chi connectivity index (χ0) is 11.4. The normalized spacial score (nSPS) is 10.1. The Morgan fingerprint density at radius 2 is 2.31 bits per heavy atom. The SMILES string of the molecule is CC(=O)NCc1cccnc1-c1cccs1. The zero-order valence-electron chi connectivity index (χ0n) is 8.93. The van der Waals surface area contributed by atoms with Crippen molar-refractivity contribution in [1.29, 1.82) is 0 Å². The summed E-state index contributed by atoms with van der Waals surface area (Å²) in [4.78, 5) is 16.4. The van der Waals surface area contributed by atoms with Gasteiger partial charge in [-0.15, -0.1) is 11.3 Å². The van der Waals surface area contributed by atoms with Gasteiger partial charge in [0, 0.05) is 19.7 Å². The molecule has 0 bridgehead atoms. The number of thiophene rings is 1. The summed E-state index contributed by atoms with van der Waals surface area (Å²) in [6, 6.07) is 7.90. The average molecular weight is 232 g/mol. The number of aromatic nitrogens is 1. The maximum absolute atomic E-state index is 10.9. The van der Waals surface area contributed by atoms with Crippen LogP contribution in [0.2, 0.25) is 0 Å². The van der Waals surface area contributed by atoms with Crippen LogP contribution in [0.1, 0.15) is 12.5 Å². The lowest BCUT2D eigenvalue weighted by Gasteiger charge is -2.06. The van der Waals surface area contributed by atoms with E-state index in [4.69, 9.17) is 0 Å². The highest BCUT2D eigenvalue weighted by atomic mass is 32.1. The average Bonchev–Trinajstić information content (AvgIpc) is 2.80. The highest BCUT2D eigenvalue weighted by Crippen LogP contribution is 2.25. The van der Waals surface area contributed by atoms with Crippen LogP contribution >= 0.6 is 11.3 Å². The van der Waals surface area contributed by atoms with Gasteiger partial charge >= 0.3 is 0 Å². The van der Waals surface area contributed by atoms with Gasteiger partial charge in [-0.25, -0.2) is 0 Å². The van der Waals surface area contributed by atoms with Crippen molar-refractivity contribution in [3.05, 3.63) is 41.4 Å². The number of carbonyl (C=O) groups excluding carboxylic acids is 1. The highest BCUT2D eigenvalue weighted by Gasteiger charge is 2.06. The van der Waals surface area contributed by atoms with Gasteiger partial charge in [-0.3, -0.25) is 9.78 Å². The summed E-state index contributed by atoms with van der Waals surface area (Å²) in [5, 5.41) is 4.81. The topological polar surface area (TPSA) is 42.0 Å². The first-order valence-corrected chi connectivity index (χ1v) is 5.87. The molecule has 0 spiro atoms. The first-order chi connectivity index (χ1) is 7.77. The second-order valence-electron chi connectivity index (χ2n) is 3.40. The second-order valence-corrected chi connectivity index (χ2v) is 4.35. The number of carbonyl (C=O) groups is 1. The fourth-order valence-corrected chi connectivity index (χ4v) is 2.19. The first kappa shape index (κ1) is 10.8. The number of hydrogen-bond donors (Lipinski definition) is 1. The molecule has 0 fully saturated rings. The van der Waals surface area contributed by atoms with Crippen LogP contribution in [0.4, 0.5) is 0 Å². The molecule has 0 aliphatic carbocycles. The maximum atomic E-state index is 10.9. The number of amides is 1. The van der Waals surface area contributed by atoms with Gasteiger partial charge in [0.1, 0.15) is 0 Å². The molecule has 0 saturated heterocycles. The smallest absolute Gasteiger partial charge is 0.217 e. The number of hydrogen-bond acceptors (Lipinski definition) is 3. The molecule has 0 unspecified atom stereocenters. The molecule has 4 heteroatoms. The third kappa shape index (κ3) is 2.46. The molecule has 2 rings (SSSR count). The van der Waals surface area contributed by atoms with Crippen LogP contribution in [-0.2, 0) is 11.3 Å². The van der Waals surface area contributed by atoms with Crippen molar-refractivity contribution in [2.75, 3.05) is 0 Å². The molecule has 0 aliphatic heterocycles. The minimum absolute atomic E-state index is 0.0269. The molecule has 16 heavy (non-hydrogen) atoms. The van der Waals surface area contributed by atoms with Crippen LogP contribution in [-0.4, -0.2) is 10.9 Å². The Hall–Kier alpha value is -1.68. The minimum Gasteiger partial charge on any atom is -0.352 e. The largest absolute Gasteiger partial charge is 0.352 e. The van der Waals surface area contributed by atoms with Gasteiger partial charge in [0.25, 0.3) is 0 Å². The third-order valence-corrected chi connectivity index (χ3v) is 3.05. The molecule has 0 aromatic carbocycles. The van der Waals surface area contributed by atoms with Gasteiger partial charge in [-0.1, -0.05) is 12.1 Å². The highest BCUT2D eigenvalue weighted by molar-refractivity contribution is 7.13. The molecule has 2 aromatic rings. The minimum atomic E-state index is -0.0269. The van der Waals surface area contributed by atoms with Crippen molar-refractivity contribution in [2.24, 2.45) is 0 Å². The molecule has 2 aromatic heterocycles. The van der Waals surface area contributed by atoms with Crippen LogP contribution in [0.25, 0.3) is 10.6 Å². The molecule has 82 valence electrons. The summed E-state index contributed by atoms with van der Waals surface area (Å²) in [7, 11) is 0. The lowest BCUT2D eigenvalue weighted by molar-refractivity contribution is -0.119. The molecule has 0 saturated carbocycles. The van der Waals surface area contributed by atoms with Crippen molar-refractivity contribution in [3.63, 3.8) is 0 Å². The van der Waals surface area contributed by atoms with E-state index in [0.29, 0.717) is 6.54 Å². The van der Waals surface area contributed by atoms with Gasteiger partial charge in [-0.2, -0.15) is 0 Å². The first-order valence-electron chi connectivity index (χ1n) is 4.99. The Balaban J connectivity index is 2.27. The van der Waals surface area contributed by atoms with Crippen molar-refractivity contribution >= 4 is 17.2 Å². The molecule has 1 amide bonds. The molecule has 0 radical (unpaired) electrons. The van der Waals surface area contributed by atoms with E-state index in [1.807, 2.05) is 29.6 Å². The number of pyridine rings is 1. The van der Waals surface area contributed by atoms with E-state index in [1.54, 1.807) is 17.5 Å². The van der Waals surface area contributed by atoms with Gasteiger partial charge in [0.15, 0.2) is 0 Å². The van der Waals surface area contributed by atoms with Gasteiger partial charge < -0.3 is 5.32 Å². The Morgan fingerprint density at radius 1 is 1.44 bits per heavy atom. The summed E-state index contributed by atoms with van der Waals surface area (Å²) >= 11 is 1.65. The Morgan fingerprint density at radius 3 is 3.00 bits per heavy atom. The summed E-state index contributed by atoms with van der Waals surface area (Å²) < 4.78 is 0. The predicted octanol–water partition coefficient (Wildman–Crippen LogP) is 2.45. The summed E-state index contributed by atoms with van der Waals surface area (Å²) in [5.41, 5.74) is 1.99. The lowest BCUT2D eigenvalue weighted by atomic mass is 10.1. The Bertz CT molecular complexity index is 480. The van der Waals surface area contributed by atoms with Crippen LogP contribution in [0, 0.1) is 0 Å². The number of rotatable bonds is 3. The maximum Gasteiger partial charge on any atom is 0.217 e. The van der Waals surface area contributed by atoms with Crippen LogP contribution in [0.15, 0.2) is 35.8 Å². The van der Waals surface area contributed by atoms with Crippen molar-refractivity contribution in [3.8, 4) is 10.6 Å². The Kier molecular flexibility index (Phi) is 3.31. The molecular weight excluding hydrogens is 220 g/mol. The molecule has 3 nitrogen and oxygen atoms in total. The molecular formula is C12H12N2OS. The van der Waals surface area contributed by atoms with Gasteiger partial charge in [0.2, 0.25) is 5.91 Å². The predicted molar refractivity (Wildman–Crippen MR) is 65.1 cm³/mol. The van der Waals surface area contributed by atoms with Crippen LogP contribution in [0.5, 0.6) is 0 Å². The monoisotopic (exact) mass is 232 g/mol. The fourth-order valence-electron chi connectivity index (χ4n) is 1.44. The molecule has 1 N–H and O–H groups in total. The summed E-state index contributed by atoms with van der Waals surface area (Å²) in [6.07, 6.45) is 1.77. The lowest BCUT2D eigenvalue weighted by Crippen LogP contribution is -2.19. The van der Waals surface area contributed by atoms with Crippen molar-refractivity contribution in [1.82, 2.24) is 10.3 Å². The molecule has 0 atom stereocenters. The molecule has 2 heterocycles. The van der Waals surface area contributed by atoms with E-state index in [-0.39, 0.29) is 5.91 Å². The summed E-state index contributed by atoms with van der Waals surface area (Å²) in [5.74, 6) is -0.0269.